The summed E-state index contributed by atoms with van der Waals surface area (Å²) >= 11 is 0. The number of rotatable bonds is 6. The van der Waals surface area contributed by atoms with Gasteiger partial charge in [0.15, 0.2) is 0 Å². The van der Waals surface area contributed by atoms with Gasteiger partial charge in [-0.15, -0.1) is 0 Å². The SMILES string of the molecule is [CH2]C=CCC(CC)OCC1CO1. The highest BCUT2D eigenvalue weighted by atomic mass is 16.6. The fourth-order valence-electron chi connectivity index (χ4n) is 1.01. The predicted molar refractivity (Wildman–Crippen MR) is 48.9 cm³/mol. The molecule has 0 aliphatic carbocycles. The van der Waals surface area contributed by atoms with Crippen LogP contribution in [0.2, 0.25) is 0 Å². The first kappa shape index (κ1) is 9.75. The molecule has 1 aliphatic heterocycles. The standard InChI is InChI=1S/C10H17O2/c1-3-5-6-9(4-2)11-7-10-8-12-10/h3,5,9-10H,1,4,6-8H2,2H3. The summed E-state index contributed by atoms with van der Waals surface area (Å²) in [6, 6.07) is 0. The summed E-state index contributed by atoms with van der Waals surface area (Å²) in [6.07, 6.45) is 6.60. The second kappa shape index (κ2) is 5.33. The van der Waals surface area contributed by atoms with Gasteiger partial charge in [0, 0.05) is 0 Å². The van der Waals surface area contributed by atoms with Gasteiger partial charge in [-0.25, -0.2) is 0 Å². The van der Waals surface area contributed by atoms with Crippen LogP contribution in [-0.2, 0) is 9.47 Å². The summed E-state index contributed by atoms with van der Waals surface area (Å²) in [5.74, 6) is 0. The molecular formula is C10H17O2. The average molecular weight is 169 g/mol. The molecule has 2 unspecified atom stereocenters. The van der Waals surface area contributed by atoms with E-state index in [0.717, 1.165) is 26.1 Å². The molecule has 1 radical (unpaired) electrons. The van der Waals surface area contributed by atoms with Gasteiger partial charge in [0.05, 0.1) is 19.3 Å². The Balaban J connectivity index is 2.05. The highest BCUT2D eigenvalue weighted by Crippen LogP contribution is 2.12. The van der Waals surface area contributed by atoms with E-state index in [1.165, 1.54) is 0 Å². The summed E-state index contributed by atoms with van der Waals surface area (Å²) in [4.78, 5) is 0. The average Bonchev–Trinajstić information content (AvgIpc) is 2.89. The van der Waals surface area contributed by atoms with E-state index in [-0.39, 0.29) is 0 Å². The first-order valence-corrected chi connectivity index (χ1v) is 4.54. The second-order valence-electron chi connectivity index (χ2n) is 3.03. The molecule has 0 amide bonds. The van der Waals surface area contributed by atoms with Crippen LogP contribution in [0.3, 0.4) is 0 Å². The fraction of sp³-hybridized carbons (Fsp3) is 0.700. The van der Waals surface area contributed by atoms with Gasteiger partial charge in [-0.05, 0) is 19.8 Å². The number of hydrogen-bond acceptors (Lipinski definition) is 2. The van der Waals surface area contributed by atoms with Crippen molar-refractivity contribution in [1.29, 1.82) is 0 Å². The Kier molecular flexibility index (Phi) is 4.33. The highest BCUT2D eigenvalue weighted by Gasteiger charge is 2.23. The van der Waals surface area contributed by atoms with Gasteiger partial charge in [0.1, 0.15) is 6.10 Å². The summed E-state index contributed by atoms with van der Waals surface area (Å²) < 4.78 is 10.7. The van der Waals surface area contributed by atoms with E-state index >= 15 is 0 Å². The molecule has 0 saturated carbocycles. The van der Waals surface area contributed by atoms with Crippen LogP contribution in [0.15, 0.2) is 12.2 Å². The van der Waals surface area contributed by atoms with Crippen molar-refractivity contribution < 1.29 is 9.47 Å². The maximum absolute atomic E-state index is 5.61. The van der Waals surface area contributed by atoms with Gasteiger partial charge in [0.2, 0.25) is 0 Å². The van der Waals surface area contributed by atoms with E-state index in [0.29, 0.717) is 12.2 Å². The van der Waals surface area contributed by atoms with E-state index in [1.807, 2.05) is 12.2 Å². The van der Waals surface area contributed by atoms with Crippen molar-refractivity contribution in [3.05, 3.63) is 19.1 Å². The molecule has 1 saturated heterocycles. The Bertz CT molecular complexity index is 139. The lowest BCUT2D eigenvalue weighted by molar-refractivity contribution is 0.0423. The van der Waals surface area contributed by atoms with Crippen LogP contribution < -0.4 is 0 Å². The zero-order valence-corrected chi connectivity index (χ0v) is 7.66. The predicted octanol–water partition coefficient (Wildman–Crippen LogP) is 1.96. The van der Waals surface area contributed by atoms with Gasteiger partial charge < -0.3 is 9.47 Å². The van der Waals surface area contributed by atoms with Crippen molar-refractivity contribution >= 4 is 0 Å². The molecule has 0 aromatic heterocycles. The number of ether oxygens (including phenoxy) is 2. The van der Waals surface area contributed by atoms with Gasteiger partial charge in [0.25, 0.3) is 0 Å². The van der Waals surface area contributed by atoms with Crippen LogP contribution in [0, 0.1) is 6.92 Å². The lowest BCUT2D eigenvalue weighted by Gasteiger charge is -2.12. The van der Waals surface area contributed by atoms with E-state index in [2.05, 4.69) is 13.8 Å². The number of allylic oxidation sites excluding steroid dienone is 1. The van der Waals surface area contributed by atoms with Gasteiger partial charge >= 0.3 is 0 Å². The number of epoxide rings is 1. The molecule has 2 nitrogen and oxygen atoms in total. The summed E-state index contributed by atoms with van der Waals surface area (Å²) in [7, 11) is 0. The maximum Gasteiger partial charge on any atom is 0.104 e. The molecule has 0 N–H and O–H groups in total. The lowest BCUT2D eigenvalue weighted by atomic mass is 10.2. The Morgan fingerprint density at radius 2 is 2.50 bits per heavy atom. The third kappa shape index (κ3) is 3.88. The minimum absolute atomic E-state index is 0.340. The molecule has 0 bridgehead atoms. The van der Waals surface area contributed by atoms with Crippen LogP contribution >= 0.6 is 0 Å². The minimum atomic E-state index is 0.340. The zero-order valence-electron chi connectivity index (χ0n) is 7.66. The van der Waals surface area contributed by atoms with Crippen LogP contribution in [0.25, 0.3) is 0 Å². The van der Waals surface area contributed by atoms with E-state index in [1.54, 1.807) is 0 Å². The monoisotopic (exact) mass is 169 g/mol. The molecule has 1 rings (SSSR count). The molecule has 2 atom stereocenters. The van der Waals surface area contributed by atoms with Crippen molar-refractivity contribution in [2.75, 3.05) is 13.2 Å². The normalized spacial score (nSPS) is 24.7. The Morgan fingerprint density at radius 3 is 3.00 bits per heavy atom. The first-order chi connectivity index (χ1) is 5.86. The van der Waals surface area contributed by atoms with E-state index in [9.17, 15) is 0 Å². The second-order valence-corrected chi connectivity index (χ2v) is 3.03. The molecule has 1 aliphatic rings. The quantitative estimate of drug-likeness (QED) is 0.567. The zero-order chi connectivity index (χ0) is 8.81. The largest absolute Gasteiger partial charge is 0.375 e. The van der Waals surface area contributed by atoms with E-state index in [4.69, 9.17) is 9.47 Å². The van der Waals surface area contributed by atoms with Crippen LogP contribution in [0.5, 0.6) is 0 Å². The van der Waals surface area contributed by atoms with Gasteiger partial charge in [-0.2, -0.15) is 0 Å². The molecule has 69 valence electrons. The molecule has 0 spiro atoms. The Hall–Kier alpha value is -0.340. The van der Waals surface area contributed by atoms with Crippen molar-refractivity contribution in [3.8, 4) is 0 Å². The lowest BCUT2D eigenvalue weighted by Crippen LogP contribution is -2.14. The third-order valence-electron chi connectivity index (χ3n) is 1.94. The summed E-state index contributed by atoms with van der Waals surface area (Å²) in [6.45, 7) is 7.40. The Morgan fingerprint density at radius 1 is 1.75 bits per heavy atom. The summed E-state index contributed by atoms with van der Waals surface area (Å²) in [5.41, 5.74) is 0. The van der Waals surface area contributed by atoms with E-state index < -0.39 is 0 Å². The fourth-order valence-corrected chi connectivity index (χ4v) is 1.01. The molecule has 0 aromatic rings. The smallest absolute Gasteiger partial charge is 0.104 e. The summed E-state index contributed by atoms with van der Waals surface area (Å²) in [5, 5.41) is 0. The van der Waals surface area contributed by atoms with Crippen molar-refractivity contribution in [2.45, 2.75) is 32.0 Å². The van der Waals surface area contributed by atoms with Crippen molar-refractivity contribution in [1.82, 2.24) is 0 Å². The third-order valence-corrected chi connectivity index (χ3v) is 1.94. The van der Waals surface area contributed by atoms with Gasteiger partial charge in [-0.1, -0.05) is 19.1 Å². The molecule has 1 heterocycles. The molecule has 2 heteroatoms. The van der Waals surface area contributed by atoms with Crippen molar-refractivity contribution in [2.24, 2.45) is 0 Å². The first-order valence-electron chi connectivity index (χ1n) is 4.54. The minimum Gasteiger partial charge on any atom is -0.375 e. The number of hydrogen-bond donors (Lipinski definition) is 0. The maximum atomic E-state index is 5.61. The molecule has 0 aromatic carbocycles. The molecule has 12 heavy (non-hydrogen) atoms. The highest BCUT2D eigenvalue weighted by molar-refractivity contribution is 4.86. The molecule has 1 fully saturated rings. The van der Waals surface area contributed by atoms with Gasteiger partial charge in [-0.3, -0.25) is 0 Å². The van der Waals surface area contributed by atoms with Crippen LogP contribution in [0.1, 0.15) is 19.8 Å². The molecular weight excluding hydrogens is 152 g/mol. The van der Waals surface area contributed by atoms with Crippen LogP contribution in [-0.4, -0.2) is 25.4 Å². The van der Waals surface area contributed by atoms with Crippen LogP contribution in [0.4, 0.5) is 0 Å². The Labute approximate surface area is 74.6 Å². The topological polar surface area (TPSA) is 21.8 Å². The van der Waals surface area contributed by atoms with Crippen molar-refractivity contribution in [3.63, 3.8) is 0 Å².